The Morgan fingerprint density at radius 1 is 1.61 bits per heavy atom. The fourth-order valence-electron chi connectivity index (χ4n) is 2.43. The first-order valence-corrected chi connectivity index (χ1v) is 6.53. The highest BCUT2D eigenvalue weighted by Gasteiger charge is 2.28. The van der Waals surface area contributed by atoms with E-state index in [1.807, 2.05) is 7.05 Å². The molecule has 6 heteroatoms. The van der Waals surface area contributed by atoms with Gasteiger partial charge < -0.3 is 10.2 Å². The Labute approximate surface area is 107 Å². The molecule has 2 unspecified atom stereocenters. The monoisotopic (exact) mass is 251 g/mol. The number of rotatable bonds is 4. The predicted molar refractivity (Wildman–Crippen MR) is 67.7 cm³/mol. The summed E-state index contributed by atoms with van der Waals surface area (Å²) in [7, 11) is 1.81. The van der Waals surface area contributed by atoms with Crippen LogP contribution < -0.4 is 5.32 Å². The molecule has 2 rings (SSSR count). The Bertz CT molecular complexity index is 378. The maximum Gasteiger partial charge on any atom is 0.239 e. The first-order chi connectivity index (χ1) is 8.70. The molecule has 0 radical (unpaired) electrons. The number of H-pyrrole nitrogens is 1. The molecule has 1 aliphatic heterocycles. The van der Waals surface area contributed by atoms with Gasteiger partial charge in [-0.1, -0.05) is 13.3 Å². The van der Waals surface area contributed by atoms with Gasteiger partial charge in [0.2, 0.25) is 5.91 Å². The summed E-state index contributed by atoms with van der Waals surface area (Å²) in [6, 6.07) is -0.0448. The summed E-state index contributed by atoms with van der Waals surface area (Å²) < 4.78 is 0. The van der Waals surface area contributed by atoms with Crippen LogP contribution in [0.2, 0.25) is 0 Å². The first kappa shape index (κ1) is 13.0. The van der Waals surface area contributed by atoms with Crippen LogP contribution in [0.1, 0.15) is 32.0 Å². The third kappa shape index (κ3) is 3.07. The minimum atomic E-state index is -0.0448. The maximum absolute atomic E-state index is 12.3. The molecule has 1 aromatic heterocycles. The maximum atomic E-state index is 12.3. The van der Waals surface area contributed by atoms with Crippen molar-refractivity contribution in [3.63, 3.8) is 0 Å². The highest BCUT2D eigenvalue weighted by atomic mass is 16.2. The van der Waals surface area contributed by atoms with Crippen molar-refractivity contribution in [2.24, 2.45) is 5.92 Å². The predicted octanol–water partition coefficient (Wildman–Crippen LogP) is 0.541. The second-order valence-corrected chi connectivity index (χ2v) is 4.93. The molecule has 1 aromatic rings. The minimum Gasteiger partial charge on any atom is -0.337 e. The van der Waals surface area contributed by atoms with Crippen molar-refractivity contribution in [3.05, 3.63) is 12.2 Å². The largest absolute Gasteiger partial charge is 0.337 e. The van der Waals surface area contributed by atoms with Gasteiger partial charge in [-0.15, -0.1) is 0 Å². The number of aromatic nitrogens is 3. The van der Waals surface area contributed by atoms with Crippen LogP contribution in [0.4, 0.5) is 0 Å². The molecule has 0 aromatic carbocycles. The number of piperidine rings is 1. The SMILES string of the molecule is CCC1CCNC(C(=O)N(C)Cc2ncn[nH]2)C1. The van der Waals surface area contributed by atoms with E-state index < -0.39 is 0 Å². The molecule has 100 valence electrons. The van der Waals surface area contributed by atoms with E-state index in [1.54, 1.807) is 4.90 Å². The fraction of sp³-hybridized carbons (Fsp3) is 0.750. The fourth-order valence-corrected chi connectivity index (χ4v) is 2.43. The minimum absolute atomic E-state index is 0.0448. The summed E-state index contributed by atoms with van der Waals surface area (Å²) in [5.41, 5.74) is 0. The van der Waals surface area contributed by atoms with Gasteiger partial charge in [0, 0.05) is 7.05 Å². The molecule has 0 saturated carbocycles. The third-order valence-corrected chi connectivity index (χ3v) is 3.62. The van der Waals surface area contributed by atoms with Crippen molar-refractivity contribution in [2.75, 3.05) is 13.6 Å². The van der Waals surface area contributed by atoms with Gasteiger partial charge in [0.15, 0.2) is 0 Å². The van der Waals surface area contributed by atoms with Crippen LogP contribution in [-0.2, 0) is 11.3 Å². The number of carbonyl (C=O) groups excluding carboxylic acids is 1. The molecule has 1 aliphatic rings. The van der Waals surface area contributed by atoms with Gasteiger partial charge in [-0.3, -0.25) is 9.89 Å². The quantitative estimate of drug-likeness (QED) is 0.819. The zero-order chi connectivity index (χ0) is 13.0. The number of aromatic amines is 1. The molecule has 2 heterocycles. The molecule has 0 bridgehead atoms. The van der Waals surface area contributed by atoms with Crippen LogP contribution in [0.3, 0.4) is 0 Å². The molecular weight excluding hydrogens is 230 g/mol. The van der Waals surface area contributed by atoms with Gasteiger partial charge >= 0.3 is 0 Å². The summed E-state index contributed by atoms with van der Waals surface area (Å²) in [5, 5.41) is 9.86. The van der Waals surface area contributed by atoms with E-state index in [9.17, 15) is 4.79 Å². The standard InChI is InChI=1S/C12H21N5O/c1-3-9-4-5-13-10(6-9)12(18)17(2)7-11-14-8-15-16-11/h8-10,13H,3-7H2,1-2H3,(H,14,15,16). The Kier molecular flexibility index (Phi) is 4.30. The number of carbonyl (C=O) groups is 1. The summed E-state index contributed by atoms with van der Waals surface area (Å²) in [4.78, 5) is 18.0. The molecule has 2 atom stereocenters. The van der Waals surface area contributed by atoms with Crippen molar-refractivity contribution in [2.45, 2.75) is 38.8 Å². The van der Waals surface area contributed by atoms with Gasteiger partial charge in [-0.2, -0.15) is 5.10 Å². The highest BCUT2D eigenvalue weighted by molar-refractivity contribution is 5.81. The van der Waals surface area contributed by atoms with E-state index in [4.69, 9.17) is 0 Å². The second kappa shape index (κ2) is 5.95. The van der Waals surface area contributed by atoms with E-state index in [1.165, 1.54) is 12.7 Å². The average molecular weight is 251 g/mol. The molecule has 1 amide bonds. The van der Waals surface area contributed by atoms with Crippen LogP contribution in [-0.4, -0.2) is 45.6 Å². The smallest absolute Gasteiger partial charge is 0.239 e. The lowest BCUT2D eigenvalue weighted by Gasteiger charge is -2.31. The number of hydrogen-bond donors (Lipinski definition) is 2. The molecule has 18 heavy (non-hydrogen) atoms. The van der Waals surface area contributed by atoms with Crippen LogP contribution in [0.25, 0.3) is 0 Å². The van der Waals surface area contributed by atoms with Gasteiger partial charge in [0.1, 0.15) is 12.2 Å². The molecule has 2 N–H and O–H groups in total. The summed E-state index contributed by atoms with van der Waals surface area (Å²) in [6.45, 7) is 3.61. The van der Waals surface area contributed by atoms with Crippen molar-refractivity contribution in [1.82, 2.24) is 25.4 Å². The van der Waals surface area contributed by atoms with E-state index >= 15 is 0 Å². The Morgan fingerprint density at radius 3 is 3.11 bits per heavy atom. The number of amides is 1. The third-order valence-electron chi connectivity index (χ3n) is 3.62. The molecule has 1 fully saturated rings. The Hall–Kier alpha value is -1.43. The number of hydrogen-bond acceptors (Lipinski definition) is 4. The lowest BCUT2D eigenvalue weighted by atomic mass is 9.90. The van der Waals surface area contributed by atoms with Crippen LogP contribution >= 0.6 is 0 Å². The van der Waals surface area contributed by atoms with E-state index in [0.29, 0.717) is 18.3 Å². The van der Waals surface area contributed by atoms with Crippen molar-refractivity contribution in [3.8, 4) is 0 Å². The van der Waals surface area contributed by atoms with Crippen molar-refractivity contribution >= 4 is 5.91 Å². The van der Waals surface area contributed by atoms with E-state index in [2.05, 4.69) is 27.4 Å². The zero-order valence-corrected chi connectivity index (χ0v) is 11.0. The lowest BCUT2D eigenvalue weighted by molar-refractivity contribution is -0.133. The zero-order valence-electron chi connectivity index (χ0n) is 11.0. The molecule has 0 aliphatic carbocycles. The van der Waals surface area contributed by atoms with Gasteiger partial charge in [-0.25, -0.2) is 4.98 Å². The normalized spacial score (nSPS) is 23.9. The van der Waals surface area contributed by atoms with Gasteiger partial charge in [-0.05, 0) is 25.3 Å². The topological polar surface area (TPSA) is 73.9 Å². The molecule has 1 saturated heterocycles. The van der Waals surface area contributed by atoms with Gasteiger partial charge in [0.25, 0.3) is 0 Å². The Balaban J connectivity index is 1.89. The van der Waals surface area contributed by atoms with E-state index in [0.717, 1.165) is 19.4 Å². The summed E-state index contributed by atoms with van der Waals surface area (Å²) in [6.07, 6.45) is 4.72. The average Bonchev–Trinajstić information content (AvgIpc) is 2.90. The van der Waals surface area contributed by atoms with Crippen molar-refractivity contribution < 1.29 is 4.79 Å². The second-order valence-electron chi connectivity index (χ2n) is 4.93. The highest BCUT2D eigenvalue weighted by Crippen LogP contribution is 2.20. The number of nitrogens with zero attached hydrogens (tertiary/aromatic N) is 3. The Morgan fingerprint density at radius 2 is 2.44 bits per heavy atom. The number of likely N-dealkylation sites (N-methyl/N-ethyl adjacent to an activating group) is 1. The molecule has 6 nitrogen and oxygen atoms in total. The van der Waals surface area contributed by atoms with E-state index in [-0.39, 0.29) is 11.9 Å². The first-order valence-electron chi connectivity index (χ1n) is 6.53. The van der Waals surface area contributed by atoms with Crippen LogP contribution in [0, 0.1) is 5.92 Å². The molecular formula is C12H21N5O. The van der Waals surface area contributed by atoms with Crippen LogP contribution in [0.5, 0.6) is 0 Å². The lowest BCUT2D eigenvalue weighted by Crippen LogP contribution is -2.49. The summed E-state index contributed by atoms with van der Waals surface area (Å²) >= 11 is 0. The van der Waals surface area contributed by atoms with Crippen LogP contribution in [0.15, 0.2) is 6.33 Å². The molecule has 0 spiro atoms. The van der Waals surface area contributed by atoms with Crippen molar-refractivity contribution in [1.29, 1.82) is 0 Å². The summed E-state index contributed by atoms with van der Waals surface area (Å²) in [5.74, 6) is 1.53. The van der Waals surface area contributed by atoms with Gasteiger partial charge in [0.05, 0.1) is 12.6 Å². The number of nitrogens with one attached hydrogen (secondary N) is 2.